The molecule has 8 nitrogen and oxygen atoms in total. The number of furan rings is 1. The molecule has 2 aromatic heterocycles. The third-order valence-corrected chi connectivity index (χ3v) is 4.45. The van der Waals surface area contributed by atoms with E-state index in [0.29, 0.717) is 25.4 Å². The number of guanidine groups is 1. The van der Waals surface area contributed by atoms with Crippen LogP contribution in [0.4, 0.5) is 0 Å². The van der Waals surface area contributed by atoms with E-state index in [-0.39, 0.29) is 29.9 Å². The molecule has 0 saturated carbocycles. The number of nitrogens with one attached hydrogen (secondary N) is 3. The normalized spacial score (nSPS) is 11.2. The maximum absolute atomic E-state index is 11.8. The van der Waals surface area contributed by atoms with Gasteiger partial charge in [0.05, 0.1) is 17.3 Å². The van der Waals surface area contributed by atoms with Crippen molar-refractivity contribution < 1.29 is 9.21 Å². The van der Waals surface area contributed by atoms with Crippen molar-refractivity contribution in [3.8, 4) is 0 Å². The number of hydrogen-bond acceptors (Lipinski definition) is 4. The van der Waals surface area contributed by atoms with Gasteiger partial charge in [0.2, 0.25) is 0 Å². The zero-order valence-electron chi connectivity index (χ0n) is 17.4. The van der Waals surface area contributed by atoms with E-state index in [0.717, 1.165) is 42.3 Å². The highest BCUT2D eigenvalue weighted by molar-refractivity contribution is 14.0. The van der Waals surface area contributed by atoms with Gasteiger partial charge < -0.3 is 24.9 Å². The minimum absolute atomic E-state index is 0. The van der Waals surface area contributed by atoms with Crippen molar-refractivity contribution >= 4 is 46.9 Å². The lowest BCUT2D eigenvalue weighted by Crippen LogP contribution is -2.41. The Labute approximate surface area is 193 Å². The van der Waals surface area contributed by atoms with Gasteiger partial charge in [0.15, 0.2) is 11.7 Å². The molecule has 30 heavy (non-hydrogen) atoms. The second kappa shape index (κ2) is 12.2. The highest BCUT2D eigenvalue weighted by Gasteiger charge is 2.07. The van der Waals surface area contributed by atoms with Crippen molar-refractivity contribution in [1.29, 1.82) is 0 Å². The molecule has 9 heteroatoms. The Balaban J connectivity index is 0.00000320. The SMILES string of the molecule is CCNC(=NCCCn1c(C)nc2ccccc21)NCCNC(=O)c1ccco1.I. The number of carbonyl (C=O) groups excluding carboxylic acids is 1. The van der Waals surface area contributed by atoms with Crippen molar-refractivity contribution in [2.45, 2.75) is 26.8 Å². The van der Waals surface area contributed by atoms with Crippen molar-refractivity contribution in [3.63, 3.8) is 0 Å². The lowest BCUT2D eigenvalue weighted by atomic mass is 10.3. The van der Waals surface area contributed by atoms with E-state index in [1.165, 1.54) is 6.26 Å². The number of rotatable bonds is 9. The Hall–Kier alpha value is -2.56. The molecule has 0 fully saturated rings. The summed E-state index contributed by atoms with van der Waals surface area (Å²) < 4.78 is 7.30. The lowest BCUT2D eigenvalue weighted by molar-refractivity contribution is 0.0926. The van der Waals surface area contributed by atoms with E-state index in [9.17, 15) is 4.79 Å². The molecule has 162 valence electrons. The maximum atomic E-state index is 11.8. The molecule has 1 amide bonds. The van der Waals surface area contributed by atoms with Crippen LogP contribution < -0.4 is 16.0 Å². The third kappa shape index (κ3) is 6.48. The van der Waals surface area contributed by atoms with Gasteiger partial charge >= 0.3 is 0 Å². The number of imidazole rings is 1. The van der Waals surface area contributed by atoms with E-state index in [4.69, 9.17) is 4.42 Å². The summed E-state index contributed by atoms with van der Waals surface area (Å²) >= 11 is 0. The van der Waals surface area contributed by atoms with Crippen LogP contribution in [0.5, 0.6) is 0 Å². The molecular formula is C21H29IN6O2. The monoisotopic (exact) mass is 524 g/mol. The Morgan fingerprint density at radius 2 is 1.93 bits per heavy atom. The second-order valence-corrected chi connectivity index (χ2v) is 6.57. The Kier molecular flexibility index (Phi) is 9.65. The van der Waals surface area contributed by atoms with Gasteiger partial charge in [-0.25, -0.2) is 4.98 Å². The Morgan fingerprint density at radius 1 is 1.13 bits per heavy atom. The van der Waals surface area contributed by atoms with Gasteiger partial charge in [-0.05, 0) is 44.5 Å². The average molecular weight is 524 g/mol. The van der Waals surface area contributed by atoms with E-state index in [1.54, 1.807) is 12.1 Å². The summed E-state index contributed by atoms with van der Waals surface area (Å²) in [6.45, 7) is 7.45. The number of aryl methyl sites for hydroxylation is 2. The van der Waals surface area contributed by atoms with Crippen LogP contribution in [-0.4, -0.2) is 47.6 Å². The predicted octanol–water partition coefficient (Wildman–Crippen LogP) is 2.93. The van der Waals surface area contributed by atoms with E-state index in [2.05, 4.69) is 36.6 Å². The average Bonchev–Trinajstić information content (AvgIpc) is 3.36. The van der Waals surface area contributed by atoms with Crippen molar-refractivity contribution in [2.75, 3.05) is 26.2 Å². The molecule has 0 atom stereocenters. The topological polar surface area (TPSA) is 96.5 Å². The fourth-order valence-corrected chi connectivity index (χ4v) is 3.09. The standard InChI is InChI=1S/C21H28N6O2.HI/c1-3-22-21(25-13-12-23-20(28)19-10-6-15-29-19)24-11-7-14-27-16(2)26-17-8-4-5-9-18(17)27;/h4-6,8-10,15H,3,7,11-14H2,1-2H3,(H,23,28)(H2,22,24,25);1H. The smallest absolute Gasteiger partial charge is 0.287 e. The molecule has 0 saturated heterocycles. The molecule has 0 unspecified atom stereocenters. The molecule has 3 rings (SSSR count). The van der Waals surface area contributed by atoms with Crippen LogP contribution in [0, 0.1) is 6.92 Å². The first kappa shape index (κ1) is 23.7. The molecule has 0 aliphatic rings. The third-order valence-electron chi connectivity index (χ3n) is 4.45. The number of aromatic nitrogens is 2. The van der Waals surface area contributed by atoms with Crippen molar-refractivity contribution in [2.24, 2.45) is 4.99 Å². The summed E-state index contributed by atoms with van der Waals surface area (Å²) in [6, 6.07) is 11.5. The Bertz CT molecular complexity index is 952. The highest BCUT2D eigenvalue weighted by Crippen LogP contribution is 2.15. The van der Waals surface area contributed by atoms with E-state index < -0.39 is 0 Å². The predicted molar refractivity (Wildman–Crippen MR) is 130 cm³/mol. The summed E-state index contributed by atoms with van der Waals surface area (Å²) in [5.41, 5.74) is 2.19. The van der Waals surface area contributed by atoms with Gasteiger partial charge in [-0.15, -0.1) is 24.0 Å². The van der Waals surface area contributed by atoms with Gasteiger partial charge in [0.25, 0.3) is 5.91 Å². The molecule has 3 aromatic rings. The molecule has 0 aliphatic heterocycles. The number of fused-ring (bicyclic) bond motifs is 1. The maximum Gasteiger partial charge on any atom is 0.287 e. The van der Waals surface area contributed by atoms with Crippen LogP contribution in [0.25, 0.3) is 11.0 Å². The number of hydrogen-bond donors (Lipinski definition) is 3. The Morgan fingerprint density at radius 3 is 2.70 bits per heavy atom. The largest absolute Gasteiger partial charge is 0.459 e. The van der Waals surface area contributed by atoms with E-state index in [1.807, 2.05) is 32.0 Å². The number of halogens is 1. The van der Waals surface area contributed by atoms with Crippen molar-refractivity contribution in [1.82, 2.24) is 25.5 Å². The van der Waals surface area contributed by atoms with Crippen LogP contribution in [-0.2, 0) is 6.54 Å². The van der Waals surface area contributed by atoms with Crippen LogP contribution in [0.3, 0.4) is 0 Å². The minimum atomic E-state index is -0.221. The molecule has 0 bridgehead atoms. The zero-order valence-corrected chi connectivity index (χ0v) is 19.7. The number of para-hydroxylation sites is 2. The molecule has 2 heterocycles. The zero-order chi connectivity index (χ0) is 20.5. The second-order valence-electron chi connectivity index (χ2n) is 6.57. The quantitative estimate of drug-likeness (QED) is 0.173. The van der Waals surface area contributed by atoms with Gasteiger partial charge in [0, 0.05) is 32.7 Å². The first-order valence-electron chi connectivity index (χ1n) is 9.94. The summed E-state index contributed by atoms with van der Waals surface area (Å²) in [5, 5.41) is 9.26. The first-order valence-corrected chi connectivity index (χ1v) is 9.94. The highest BCUT2D eigenvalue weighted by atomic mass is 127. The summed E-state index contributed by atoms with van der Waals surface area (Å²) in [7, 11) is 0. The molecule has 1 aromatic carbocycles. The van der Waals surface area contributed by atoms with Crippen LogP contribution in [0.15, 0.2) is 52.1 Å². The molecule has 0 radical (unpaired) electrons. The molecular weight excluding hydrogens is 495 g/mol. The molecule has 3 N–H and O–H groups in total. The minimum Gasteiger partial charge on any atom is -0.459 e. The number of amides is 1. The van der Waals surface area contributed by atoms with Gasteiger partial charge in [0.1, 0.15) is 5.82 Å². The fourth-order valence-electron chi connectivity index (χ4n) is 3.09. The van der Waals surface area contributed by atoms with Crippen LogP contribution in [0.2, 0.25) is 0 Å². The summed E-state index contributed by atoms with van der Waals surface area (Å²) in [6.07, 6.45) is 2.39. The van der Waals surface area contributed by atoms with Crippen LogP contribution in [0.1, 0.15) is 29.7 Å². The first-order chi connectivity index (χ1) is 14.2. The number of benzene rings is 1. The lowest BCUT2D eigenvalue weighted by Gasteiger charge is -2.12. The van der Waals surface area contributed by atoms with Crippen molar-refractivity contribution in [3.05, 3.63) is 54.2 Å². The fraction of sp³-hybridized carbons (Fsp3) is 0.381. The van der Waals surface area contributed by atoms with Crippen LogP contribution >= 0.6 is 24.0 Å². The summed E-state index contributed by atoms with van der Waals surface area (Å²) in [4.78, 5) is 21.1. The number of carbonyl (C=O) groups is 1. The number of aliphatic imine (C=N–C) groups is 1. The van der Waals surface area contributed by atoms with Gasteiger partial charge in [-0.1, -0.05) is 12.1 Å². The van der Waals surface area contributed by atoms with Gasteiger partial charge in [-0.3, -0.25) is 9.79 Å². The number of nitrogens with zero attached hydrogens (tertiary/aromatic N) is 3. The molecule has 0 aliphatic carbocycles. The van der Waals surface area contributed by atoms with Gasteiger partial charge in [-0.2, -0.15) is 0 Å². The summed E-state index contributed by atoms with van der Waals surface area (Å²) in [5.74, 6) is 1.86. The molecule has 0 spiro atoms. The van der Waals surface area contributed by atoms with E-state index >= 15 is 0 Å².